The molecule has 2 aromatic carbocycles. The smallest absolute Gasteiger partial charge is 0.132 e. The van der Waals surface area contributed by atoms with Crippen molar-refractivity contribution in [3.8, 4) is 11.5 Å². The van der Waals surface area contributed by atoms with Gasteiger partial charge in [-0.15, -0.1) is 0 Å². The Labute approximate surface area is 83.0 Å². The molecule has 0 aliphatic carbocycles. The largest absolute Gasteiger partial charge is 0.457 e. The lowest BCUT2D eigenvalue weighted by atomic mass is 10.0. The quantitative estimate of drug-likeness (QED) is 0.515. The lowest BCUT2D eigenvalue weighted by Crippen LogP contribution is -2.00. The highest BCUT2D eigenvalue weighted by Gasteiger charge is 2.15. The molecule has 3 rings (SSSR count). The first-order chi connectivity index (χ1) is 6.93. The zero-order valence-electron chi connectivity index (χ0n) is 7.45. The molecule has 0 bridgehead atoms. The van der Waals surface area contributed by atoms with Crippen molar-refractivity contribution in [1.82, 2.24) is 0 Å². The summed E-state index contributed by atoms with van der Waals surface area (Å²) in [5, 5.41) is 0. The van der Waals surface area contributed by atoms with Gasteiger partial charge >= 0.3 is 0 Å². The van der Waals surface area contributed by atoms with E-state index in [9.17, 15) is 0 Å². The van der Waals surface area contributed by atoms with E-state index in [0.29, 0.717) is 0 Å². The number of para-hydroxylation sites is 1. The molecule has 0 aromatic heterocycles. The average molecular weight is 179 g/mol. The molecule has 0 unspecified atom stereocenters. The SMILES string of the molecule is [C]1c2[c]cccc2Oc2ccccc21. The van der Waals surface area contributed by atoms with Crippen LogP contribution in [-0.2, 0) is 0 Å². The summed E-state index contributed by atoms with van der Waals surface area (Å²) in [5.74, 6) is 1.69. The van der Waals surface area contributed by atoms with Crippen LogP contribution in [-0.4, -0.2) is 0 Å². The third-order valence-corrected chi connectivity index (χ3v) is 2.18. The second-order valence-electron chi connectivity index (χ2n) is 3.13. The summed E-state index contributed by atoms with van der Waals surface area (Å²) in [6, 6.07) is 16.7. The van der Waals surface area contributed by atoms with Gasteiger partial charge in [0.2, 0.25) is 0 Å². The van der Waals surface area contributed by atoms with Gasteiger partial charge in [0.05, 0.1) is 6.42 Å². The Morgan fingerprint density at radius 1 is 0.929 bits per heavy atom. The topological polar surface area (TPSA) is 9.23 Å². The van der Waals surface area contributed by atoms with E-state index in [-0.39, 0.29) is 0 Å². The van der Waals surface area contributed by atoms with E-state index in [2.05, 4.69) is 12.5 Å². The first-order valence-electron chi connectivity index (χ1n) is 4.48. The van der Waals surface area contributed by atoms with E-state index in [1.807, 2.05) is 42.5 Å². The third kappa shape index (κ3) is 1.10. The zero-order valence-corrected chi connectivity index (χ0v) is 7.45. The van der Waals surface area contributed by atoms with Gasteiger partial charge in [-0.1, -0.05) is 30.3 Å². The fraction of sp³-hybridized carbons (Fsp3) is 0. The van der Waals surface area contributed by atoms with E-state index in [1.165, 1.54) is 0 Å². The van der Waals surface area contributed by atoms with E-state index < -0.39 is 0 Å². The van der Waals surface area contributed by atoms with E-state index in [0.717, 1.165) is 22.6 Å². The Kier molecular flexibility index (Phi) is 1.57. The highest BCUT2D eigenvalue weighted by Crippen LogP contribution is 2.36. The third-order valence-electron chi connectivity index (χ3n) is 2.18. The normalized spacial score (nSPS) is 12.6. The molecule has 0 N–H and O–H groups in total. The summed E-state index contributed by atoms with van der Waals surface area (Å²) in [4.78, 5) is 0. The van der Waals surface area contributed by atoms with Gasteiger partial charge < -0.3 is 4.74 Å². The fourth-order valence-electron chi connectivity index (χ4n) is 1.52. The zero-order chi connectivity index (χ0) is 9.38. The number of fused-ring (bicyclic) bond motifs is 2. The molecule has 0 saturated carbocycles. The summed E-state index contributed by atoms with van der Waals surface area (Å²) in [6.07, 6.45) is 3.26. The van der Waals surface area contributed by atoms with Crippen molar-refractivity contribution in [2.45, 2.75) is 0 Å². The standard InChI is InChI=1S/C13H7O/c1-3-7-12-10(5-1)9-11-6-2-4-8-13(11)14-12/h1-5,7-8H. The van der Waals surface area contributed by atoms with Gasteiger partial charge in [0, 0.05) is 11.1 Å². The van der Waals surface area contributed by atoms with Gasteiger partial charge in [0.1, 0.15) is 11.5 Å². The average Bonchev–Trinajstić information content (AvgIpc) is 2.26. The number of ether oxygens (including phenoxy) is 1. The molecule has 1 aliphatic heterocycles. The molecule has 2 aromatic rings. The molecule has 65 valence electrons. The first kappa shape index (κ1) is 7.63. The van der Waals surface area contributed by atoms with Crippen LogP contribution < -0.4 is 4.74 Å². The van der Waals surface area contributed by atoms with Crippen LogP contribution in [0.4, 0.5) is 0 Å². The summed E-state index contributed by atoms with van der Waals surface area (Å²) in [7, 11) is 0. The van der Waals surface area contributed by atoms with E-state index >= 15 is 0 Å². The molecule has 1 heteroatoms. The minimum Gasteiger partial charge on any atom is -0.457 e. The molecule has 0 saturated heterocycles. The van der Waals surface area contributed by atoms with Crippen molar-refractivity contribution in [3.63, 3.8) is 0 Å². The summed E-state index contributed by atoms with van der Waals surface area (Å²) in [5.41, 5.74) is 1.88. The van der Waals surface area contributed by atoms with Gasteiger partial charge in [-0.3, -0.25) is 0 Å². The maximum Gasteiger partial charge on any atom is 0.132 e. The lowest BCUT2D eigenvalue weighted by molar-refractivity contribution is 0.469. The highest BCUT2D eigenvalue weighted by atomic mass is 16.5. The minimum absolute atomic E-state index is 0.825. The number of hydrogen-bond acceptors (Lipinski definition) is 1. The molecule has 0 amide bonds. The summed E-state index contributed by atoms with van der Waals surface area (Å²) in [6.45, 7) is 0. The number of hydrogen-bond donors (Lipinski definition) is 0. The monoisotopic (exact) mass is 179 g/mol. The molecule has 0 atom stereocenters. The molecule has 1 nitrogen and oxygen atoms in total. The van der Waals surface area contributed by atoms with Crippen LogP contribution >= 0.6 is 0 Å². The van der Waals surface area contributed by atoms with Gasteiger partial charge in [0.15, 0.2) is 0 Å². The van der Waals surface area contributed by atoms with Crippen LogP contribution in [0.15, 0.2) is 42.5 Å². The van der Waals surface area contributed by atoms with Gasteiger partial charge in [0.25, 0.3) is 0 Å². The fourth-order valence-corrected chi connectivity index (χ4v) is 1.52. The Morgan fingerprint density at radius 2 is 1.79 bits per heavy atom. The van der Waals surface area contributed by atoms with Crippen molar-refractivity contribution in [1.29, 1.82) is 0 Å². The molecule has 0 spiro atoms. The summed E-state index contributed by atoms with van der Waals surface area (Å²) >= 11 is 0. The minimum atomic E-state index is 0.825. The molecule has 1 heterocycles. The Hall–Kier alpha value is -1.76. The van der Waals surface area contributed by atoms with Crippen LogP contribution in [0, 0.1) is 12.5 Å². The molecule has 3 radical (unpaired) electrons. The molecular formula is C13H7O. The van der Waals surface area contributed by atoms with Crippen molar-refractivity contribution in [3.05, 3.63) is 66.1 Å². The van der Waals surface area contributed by atoms with E-state index in [1.54, 1.807) is 0 Å². The summed E-state index contributed by atoms with van der Waals surface area (Å²) < 4.78 is 5.68. The molecule has 14 heavy (non-hydrogen) atoms. The predicted octanol–water partition coefficient (Wildman–Crippen LogP) is 3.07. The van der Waals surface area contributed by atoms with Gasteiger partial charge in [-0.2, -0.15) is 0 Å². The molecule has 0 fully saturated rings. The number of benzene rings is 2. The van der Waals surface area contributed by atoms with Crippen molar-refractivity contribution in [2.75, 3.05) is 0 Å². The van der Waals surface area contributed by atoms with Crippen molar-refractivity contribution >= 4 is 0 Å². The molecule has 1 aliphatic rings. The maximum atomic E-state index is 5.68. The van der Waals surface area contributed by atoms with Crippen LogP contribution in [0.3, 0.4) is 0 Å². The molecular weight excluding hydrogens is 172 g/mol. The van der Waals surface area contributed by atoms with Gasteiger partial charge in [-0.25, -0.2) is 0 Å². The number of rotatable bonds is 0. The Balaban J connectivity index is 2.12. The van der Waals surface area contributed by atoms with Crippen LogP contribution in [0.5, 0.6) is 11.5 Å². The first-order valence-corrected chi connectivity index (χ1v) is 4.48. The highest BCUT2D eigenvalue weighted by molar-refractivity contribution is 5.55. The second-order valence-corrected chi connectivity index (χ2v) is 3.13. The second kappa shape index (κ2) is 2.88. The van der Waals surface area contributed by atoms with Crippen molar-refractivity contribution < 1.29 is 4.74 Å². The van der Waals surface area contributed by atoms with Crippen LogP contribution in [0.1, 0.15) is 11.1 Å². The lowest BCUT2D eigenvalue weighted by Gasteiger charge is -2.18. The predicted molar refractivity (Wildman–Crippen MR) is 53.2 cm³/mol. The Morgan fingerprint density at radius 3 is 2.79 bits per heavy atom. The maximum absolute atomic E-state index is 5.68. The van der Waals surface area contributed by atoms with Crippen LogP contribution in [0.2, 0.25) is 0 Å². The van der Waals surface area contributed by atoms with Crippen LogP contribution in [0.25, 0.3) is 0 Å². The Bertz CT molecular complexity index is 387. The van der Waals surface area contributed by atoms with Gasteiger partial charge in [-0.05, 0) is 18.2 Å². The van der Waals surface area contributed by atoms with Crippen molar-refractivity contribution in [2.24, 2.45) is 0 Å². The van der Waals surface area contributed by atoms with E-state index in [4.69, 9.17) is 4.74 Å².